The van der Waals surface area contributed by atoms with Gasteiger partial charge in [-0.1, -0.05) is 11.6 Å². The van der Waals surface area contributed by atoms with Gasteiger partial charge in [0.05, 0.1) is 19.2 Å². The standard InChI is InChI=1S/C10H12ClNO2/c1-6-7(11)3-4-9(14-2)10(6)8(13)5-12/h3-4H,5,12H2,1-2H3. The van der Waals surface area contributed by atoms with Crippen molar-refractivity contribution >= 4 is 17.4 Å². The zero-order chi connectivity index (χ0) is 10.7. The molecule has 0 radical (unpaired) electrons. The molecule has 3 nitrogen and oxygen atoms in total. The number of hydrogen-bond donors (Lipinski definition) is 1. The minimum atomic E-state index is -0.165. The lowest BCUT2D eigenvalue weighted by Crippen LogP contribution is -2.16. The Balaban J connectivity index is 3.35. The van der Waals surface area contributed by atoms with Crippen LogP contribution in [0.3, 0.4) is 0 Å². The number of rotatable bonds is 3. The van der Waals surface area contributed by atoms with E-state index < -0.39 is 0 Å². The van der Waals surface area contributed by atoms with E-state index in [2.05, 4.69) is 0 Å². The Morgan fingerprint density at radius 1 is 1.57 bits per heavy atom. The van der Waals surface area contributed by atoms with Gasteiger partial charge in [0.15, 0.2) is 5.78 Å². The summed E-state index contributed by atoms with van der Waals surface area (Å²) in [7, 11) is 1.51. The highest BCUT2D eigenvalue weighted by Crippen LogP contribution is 2.28. The number of ketones is 1. The first kappa shape index (κ1) is 11.0. The van der Waals surface area contributed by atoms with Gasteiger partial charge in [0.25, 0.3) is 0 Å². The Bertz CT molecular complexity index is 363. The molecule has 2 N–H and O–H groups in total. The van der Waals surface area contributed by atoms with Gasteiger partial charge < -0.3 is 10.5 Å². The topological polar surface area (TPSA) is 52.3 Å². The summed E-state index contributed by atoms with van der Waals surface area (Å²) < 4.78 is 5.07. The van der Waals surface area contributed by atoms with Crippen molar-refractivity contribution in [2.24, 2.45) is 5.73 Å². The molecule has 0 heterocycles. The van der Waals surface area contributed by atoms with Crippen LogP contribution in [0.4, 0.5) is 0 Å². The number of ether oxygens (including phenoxy) is 1. The van der Waals surface area contributed by atoms with Crippen molar-refractivity contribution in [3.63, 3.8) is 0 Å². The van der Waals surface area contributed by atoms with Gasteiger partial charge in [-0.2, -0.15) is 0 Å². The minimum Gasteiger partial charge on any atom is -0.496 e. The van der Waals surface area contributed by atoms with Gasteiger partial charge in [-0.3, -0.25) is 4.79 Å². The highest BCUT2D eigenvalue weighted by Gasteiger charge is 2.15. The molecule has 0 bridgehead atoms. The predicted octanol–water partition coefficient (Wildman–Crippen LogP) is 1.80. The summed E-state index contributed by atoms with van der Waals surface area (Å²) in [4.78, 5) is 11.5. The summed E-state index contributed by atoms with van der Waals surface area (Å²) >= 11 is 5.90. The first-order chi connectivity index (χ1) is 6.61. The van der Waals surface area contributed by atoms with E-state index in [0.29, 0.717) is 21.9 Å². The van der Waals surface area contributed by atoms with Crippen molar-refractivity contribution in [1.29, 1.82) is 0 Å². The van der Waals surface area contributed by atoms with Crippen LogP contribution >= 0.6 is 11.6 Å². The molecule has 0 aliphatic rings. The molecule has 0 atom stereocenters. The van der Waals surface area contributed by atoms with Gasteiger partial charge in [-0.15, -0.1) is 0 Å². The summed E-state index contributed by atoms with van der Waals surface area (Å²) in [5, 5.41) is 0.544. The third kappa shape index (κ3) is 1.89. The van der Waals surface area contributed by atoms with Crippen LogP contribution in [0.15, 0.2) is 12.1 Å². The third-order valence-corrected chi connectivity index (χ3v) is 2.45. The van der Waals surface area contributed by atoms with Gasteiger partial charge in [0.2, 0.25) is 0 Å². The minimum absolute atomic E-state index is 0.0441. The third-order valence-electron chi connectivity index (χ3n) is 2.04. The molecule has 1 rings (SSSR count). The summed E-state index contributed by atoms with van der Waals surface area (Å²) in [6, 6.07) is 3.36. The molecule has 76 valence electrons. The molecule has 4 heteroatoms. The van der Waals surface area contributed by atoms with E-state index in [9.17, 15) is 4.79 Å². The Morgan fingerprint density at radius 2 is 2.21 bits per heavy atom. The number of hydrogen-bond acceptors (Lipinski definition) is 3. The van der Waals surface area contributed by atoms with Crippen LogP contribution in [-0.2, 0) is 0 Å². The molecule has 0 fully saturated rings. The van der Waals surface area contributed by atoms with Crippen molar-refractivity contribution in [2.45, 2.75) is 6.92 Å². The molecule has 0 aliphatic carbocycles. The monoisotopic (exact) mass is 213 g/mol. The summed E-state index contributed by atoms with van der Waals surface area (Å²) in [6.07, 6.45) is 0. The molecule has 14 heavy (non-hydrogen) atoms. The highest BCUT2D eigenvalue weighted by atomic mass is 35.5. The van der Waals surface area contributed by atoms with E-state index in [0.717, 1.165) is 0 Å². The predicted molar refractivity (Wildman–Crippen MR) is 56.1 cm³/mol. The van der Waals surface area contributed by atoms with E-state index in [1.54, 1.807) is 19.1 Å². The largest absolute Gasteiger partial charge is 0.496 e. The maximum absolute atomic E-state index is 11.5. The van der Waals surface area contributed by atoms with Gasteiger partial charge in [0, 0.05) is 5.02 Å². The number of carbonyl (C=O) groups is 1. The highest BCUT2D eigenvalue weighted by molar-refractivity contribution is 6.32. The number of methoxy groups -OCH3 is 1. The van der Waals surface area contributed by atoms with Crippen LogP contribution in [0, 0.1) is 6.92 Å². The Labute approximate surface area is 87.8 Å². The second kappa shape index (κ2) is 4.44. The maximum Gasteiger partial charge on any atom is 0.180 e. The zero-order valence-corrected chi connectivity index (χ0v) is 8.89. The van der Waals surface area contributed by atoms with Crippen LogP contribution in [0.1, 0.15) is 15.9 Å². The molecule has 0 amide bonds. The average Bonchev–Trinajstić information content (AvgIpc) is 2.20. The van der Waals surface area contributed by atoms with Gasteiger partial charge >= 0.3 is 0 Å². The van der Waals surface area contributed by atoms with Crippen molar-refractivity contribution in [3.8, 4) is 5.75 Å². The zero-order valence-electron chi connectivity index (χ0n) is 8.13. The van der Waals surface area contributed by atoms with Crippen LogP contribution < -0.4 is 10.5 Å². The molecule has 0 saturated heterocycles. The van der Waals surface area contributed by atoms with Crippen molar-refractivity contribution in [2.75, 3.05) is 13.7 Å². The molecular weight excluding hydrogens is 202 g/mol. The smallest absolute Gasteiger partial charge is 0.180 e. The van der Waals surface area contributed by atoms with Gasteiger partial charge in [-0.05, 0) is 24.6 Å². The van der Waals surface area contributed by atoms with E-state index >= 15 is 0 Å². The Morgan fingerprint density at radius 3 is 2.71 bits per heavy atom. The first-order valence-electron chi connectivity index (χ1n) is 4.18. The SMILES string of the molecule is COc1ccc(Cl)c(C)c1C(=O)CN. The number of nitrogens with two attached hydrogens (primary N) is 1. The molecule has 1 aromatic carbocycles. The normalized spacial score (nSPS) is 10.0. The lowest BCUT2D eigenvalue weighted by Gasteiger charge is -2.10. The van der Waals surface area contributed by atoms with E-state index in [1.165, 1.54) is 7.11 Å². The molecular formula is C10H12ClNO2. The second-order valence-corrected chi connectivity index (χ2v) is 3.28. The molecule has 0 aromatic heterocycles. The number of benzene rings is 1. The number of halogens is 1. The molecule has 0 aliphatic heterocycles. The number of carbonyl (C=O) groups excluding carboxylic acids is 1. The average molecular weight is 214 g/mol. The summed E-state index contributed by atoms with van der Waals surface area (Å²) in [6.45, 7) is 1.73. The fourth-order valence-corrected chi connectivity index (χ4v) is 1.44. The maximum atomic E-state index is 11.5. The summed E-state index contributed by atoms with van der Waals surface area (Å²) in [5.74, 6) is 0.351. The van der Waals surface area contributed by atoms with Crippen molar-refractivity contribution < 1.29 is 9.53 Å². The van der Waals surface area contributed by atoms with Crippen molar-refractivity contribution in [3.05, 3.63) is 28.3 Å². The lowest BCUT2D eigenvalue weighted by atomic mass is 10.0. The van der Waals surface area contributed by atoms with Crippen LogP contribution in [-0.4, -0.2) is 19.4 Å². The van der Waals surface area contributed by atoms with Crippen LogP contribution in [0.25, 0.3) is 0 Å². The number of Topliss-reactive ketones (excluding diaryl/α,β-unsaturated/α-hetero) is 1. The summed E-state index contributed by atoms with van der Waals surface area (Å²) in [5.41, 5.74) is 6.48. The fraction of sp³-hybridized carbons (Fsp3) is 0.300. The van der Waals surface area contributed by atoms with Crippen LogP contribution in [0.5, 0.6) is 5.75 Å². The van der Waals surface area contributed by atoms with Gasteiger partial charge in [-0.25, -0.2) is 0 Å². The fourth-order valence-electron chi connectivity index (χ4n) is 1.28. The van der Waals surface area contributed by atoms with Gasteiger partial charge in [0.1, 0.15) is 5.75 Å². The van der Waals surface area contributed by atoms with E-state index in [4.69, 9.17) is 22.1 Å². The molecule has 0 unspecified atom stereocenters. The Kier molecular flexibility index (Phi) is 3.49. The first-order valence-corrected chi connectivity index (χ1v) is 4.56. The molecule has 0 spiro atoms. The molecule has 1 aromatic rings. The molecule has 0 saturated carbocycles. The van der Waals surface area contributed by atoms with E-state index in [1.807, 2.05) is 0 Å². The quantitative estimate of drug-likeness (QED) is 0.779. The lowest BCUT2D eigenvalue weighted by molar-refractivity contribution is 0.0998. The Hall–Kier alpha value is -1.06. The van der Waals surface area contributed by atoms with Crippen molar-refractivity contribution in [1.82, 2.24) is 0 Å². The second-order valence-electron chi connectivity index (χ2n) is 2.88. The van der Waals surface area contributed by atoms with E-state index in [-0.39, 0.29) is 12.3 Å². The van der Waals surface area contributed by atoms with Crippen LogP contribution in [0.2, 0.25) is 5.02 Å².